The van der Waals surface area contributed by atoms with Crippen LogP contribution in [-0.4, -0.2) is 22.0 Å². The van der Waals surface area contributed by atoms with E-state index in [2.05, 4.69) is 9.97 Å². The maximum Gasteiger partial charge on any atom is 0.336 e. The molecule has 1 aromatic heterocycles. The van der Waals surface area contributed by atoms with Crippen molar-refractivity contribution < 1.29 is 9.59 Å². The summed E-state index contributed by atoms with van der Waals surface area (Å²) in [5, 5.41) is 1.63. The molecule has 0 saturated carbocycles. The van der Waals surface area contributed by atoms with Gasteiger partial charge in [-0.2, -0.15) is 9.99 Å². The number of hydrogen-bond donors (Lipinski definition) is 4. The zero-order valence-electron chi connectivity index (χ0n) is 10.2. The van der Waals surface area contributed by atoms with Crippen molar-refractivity contribution in [2.75, 3.05) is 10.0 Å². The van der Waals surface area contributed by atoms with Crippen molar-refractivity contribution in [1.82, 2.24) is 9.97 Å². The van der Waals surface area contributed by atoms with Crippen LogP contribution in [0.1, 0.15) is 0 Å². The van der Waals surface area contributed by atoms with Crippen LogP contribution in [0, 0.1) is 0 Å². The van der Waals surface area contributed by atoms with Gasteiger partial charge in [-0.15, -0.1) is 0 Å². The number of carbonyl (C=O) groups excluding carboxylic acids is 2. The number of hydrazine groups is 2. The molecule has 2 rings (SSSR count). The molecule has 8 N–H and O–H groups in total. The number of benzene rings is 1. The summed E-state index contributed by atoms with van der Waals surface area (Å²) in [5.41, 5.74) is 10.6. The number of urea groups is 2. The molecule has 0 radical (unpaired) electrons. The third-order valence-corrected chi connectivity index (χ3v) is 2.49. The van der Waals surface area contributed by atoms with Gasteiger partial charge in [-0.05, 0) is 12.1 Å². The van der Waals surface area contributed by atoms with Crippen LogP contribution in [0.25, 0.3) is 10.9 Å². The van der Waals surface area contributed by atoms with E-state index in [1.807, 2.05) is 0 Å². The minimum absolute atomic E-state index is 0.00907. The van der Waals surface area contributed by atoms with Crippen LogP contribution in [0.4, 0.5) is 21.4 Å². The van der Waals surface area contributed by atoms with Gasteiger partial charge in [0.2, 0.25) is 0 Å². The molecule has 0 aliphatic heterocycles. The second-order valence-corrected chi connectivity index (χ2v) is 3.78. The summed E-state index contributed by atoms with van der Waals surface area (Å²) in [6, 6.07) is 4.80. The van der Waals surface area contributed by atoms with E-state index in [4.69, 9.17) is 23.2 Å². The lowest BCUT2D eigenvalue weighted by atomic mass is 10.2. The fourth-order valence-corrected chi connectivity index (χ4v) is 1.54. The van der Waals surface area contributed by atoms with E-state index in [9.17, 15) is 9.59 Å². The Morgan fingerprint density at radius 2 is 1.55 bits per heavy atom. The number of carbonyl (C=O) groups is 2. The number of nitrogens with zero attached hydrogens (tertiary/aromatic N) is 4. The van der Waals surface area contributed by atoms with Gasteiger partial charge in [0.05, 0.1) is 5.52 Å². The molecule has 4 amide bonds. The van der Waals surface area contributed by atoms with Crippen molar-refractivity contribution >= 4 is 34.7 Å². The standard InChI is InChI=1S/C10H12N8O2/c11-8(19)17(13)7-5-3-1-2-4-6(5)15-10(16-7)18(14)9(12)20/h1-4H,13-14H2,(H2,11,19)(H2,12,20). The Labute approximate surface area is 112 Å². The first-order valence-electron chi connectivity index (χ1n) is 5.37. The summed E-state index contributed by atoms with van der Waals surface area (Å²) in [6.07, 6.45) is 0. The summed E-state index contributed by atoms with van der Waals surface area (Å²) >= 11 is 0. The van der Waals surface area contributed by atoms with Gasteiger partial charge in [0.15, 0.2) is 5.82 Å². The average molecular weight is 276 g/mol. The third kappa shape index (κ3) is 2.28. The van der Waals surface area contributed by atoms with Gasteiger partial charge >= 0.3 is 12.1 Å². The molecule has 0 aliphatic rings. The number of para-hydroxylation sites is 1. The SMILES string of the molecule is NC(=O)N(N)c1nc(N(N)C(N)=O)c2ccccc2n1. The lowest BCUT2D eigenvalue weighted by Crippen LogP contribution is -2.45. The first kappa shape index (κ1) is 13.5. The highest BCUT2D eigenvalue weighted by Crippen LogP contribution is 2.24. The molecule has 1 aromatic carbocycles. The first-order valence-corrected chi connectivity index (χ1v) is 5.37. The minimum atomic E-state index is -0.964. The van der Waals surface area contributed by atoms with Crippen LogP contribution in [0.5, 0.6) is 0 Å². The average Bonchev–Trinajstić information content (AvgIpc) is 2.44. The molecule has 0 aliphatic carbocycles. The minimum Gasteiger partial charge on any atom is -0.350 e. The molecule has 20 heavy (non-hydrogen) atoms. The highest BCUT2D eigenvalue weighted by atomic mass is 16.2. The second kappa shape index (κ2) is 4.95. The summed E-state index contributed by atoms with van der Waals surface area (Å²) in [7, 11) is 0. The highest BCUT2D eigenvalue weighted by Gasteiger charge is 2.19. The maximum absolute atomic E-state index is 11.2. The number of nitrogens with two attached hydrogens (primary N) is 4. The molecular formula is C10H12N8O2. The van der Waals surface area contributed by atoms with Crippen molar-refractivity contribution in [3.05, 3.63) is 24.3 Å². The molecule has 10 nitrogen and oxygen atoms in total. The Balaban J connectivity index is 2.70. The van der Waals surface area contributed by atoms with Crippen LogP contribution < -0.4 is 33.2 Å². The van der Waals surface area contributed by atoms with E-state index < -0.39 is 12.1 Å². The number of fused-ring (bicyclic) bond motifs is 1. The second-order valence-electron chi connectivity index (χ2n) is 3.78. The maximum atomic E-state index is 11.2. The summed E-state index contributed by atoms with van der Waals surface area (Å²) < 4.78 is 0. The number of amides is 4. The van der Waals surface area contributed by atoms with Crippen LogP contribution >= 0.6 is 0 Å². The van der Waals surface area contributed by atoms with Gasteiger partial charge in [0.25, 0.3) is 5.95 Å². The monoisotopic (exact) mass is 276 g/mol. The third-order valence-electron chi connectivity index (χ3n) is 2.49. The van der Waals surface area contributed by atoms with E-state index >= 15 is 0 Å². The Hall–Kier alpha value is -2.98. The van der Waals surface area contributed by atoms with E-state index in [1.54, 1.807) is 24.3 Å². The van der Waals surface area contributed by atoms with Gasteiger partial charge < -0.3 is 11.5 Å². The number of rotatable bonds is 2. The molecule has 0 saturated heterocycles. The fraction of sp³-hybridized carbons (Fsp3) is 0. The van der Waals surface area contributed by atoms with E-state index in [0.29, 0.717) is 20.9 Å². The van der Waals surface area contributed by atoms with Crippen LogP contribution in [-0.2, 0) is 0 Å². The van der Waals surface area contributed by atoms with Gasteiger partial charge in [-0.25, -0.2) is 31.3 Å². The quantitative estimate of drug-likeness (QED) is 0.316. The van der Waals surface area contributed by atoms with Crippen LogP contribution in [0.2, 0.25) is 0 Å². The van der Waals surface area contributed by atoms with E-state index in [0.717, 1.165) is 0 Å². The zero-order valence-corrected chi connectivity index (χ0v) is 10.2. The summed E-state index contributed by atoms with van der Waals surface area (Å²) in [6.45, 7) is 0. The Kier molecular flexibility index (Phi) is 3.33. The number of primary amides is 2. The molecular weight excluding hydrogens is 264 g/mol. The van der Waals surface area contributed by atoms with Crippen LogP contribution in [0.15, 0.2) is 24.3 Å². The topological polar surface area (TPSA) is 170 Å². The summed E-state index contributed by atoms with van der Waals surface area (Å²) in [4.78, 5) is 30.2. The largest absolute Gasteiger partial charge is 0.350 e. The molecule has 0 spiro atoms. The van der Waals surface area contributed by atoms with Crippen molar-refractivity contribution in [3.63, 3.8) is 0 Å². The highest BCUT2D eigenvalue weighted by molar-refractivity contribution is 6.00. The van der Waals surface area contributed by atoms with Crippen molar-refractivity contribution in [1.29, 1.82) is 0 Å². The lowest BCUT2D eigenvalue weighted by molar-refractivity contribution is 0.253. The number of hydrogen-bond acceptors (Lipinski definition) is 6. The molecule has 0 atom stereocenters. The van der Waals surface area contributed by atoms with E-state index in [1.165, 1.54) is 0 Å². The van der Waals surface area contributed by atoms with Gasteiger partial charge in [0, 0.05) is 5.39 Å². The van der Waals surface area contributed by atoms with Gasteiger partial charge in [0.1, 0.15) is 0 Å². The van der Waals surface area contributed by atoms with Crippen molar-refractivity contribution in [3.8, 4) is 0 Å². The predicted molar refractivity (Wildman–Crippen MR) is 72.0 cm³/mol. The molecule has 0 unspecified atom stereocenters. The zero-order chi connectivity index (χ0) is 14.9. The molecule has 0 fully saturated rings. The Morgan fingerprint density at radius 1 is 0.950 bits per heavy atom. The van der Waals surface area contributed by atoms with Crippen LogP contribution in [0.3, 0.4) is 0 Å². The van der Waals surface area contributed by atoms with Gasteiger partial charge in [-0.1, -0.05) is 12.1 Å². The normalized spacial score (nSPS) is 10.3. The smallest absolute Gasteiger partial charge is 0.336 e. The predicted octanol–water partition coefficient (Wildman–Crippen LogP) is -0.853. The lowest BCUT2D eigenvalue weighted by Gasteiger charge is -2.18. The van der Waals surface area contributed by atoms with E-state index in [-0.39, 0.29) is 11.8 Å². The number of aromatic nitrogens is 2. The fourth-order valence-electron chi connectivity index (χ4n) is 1.54. The van der Waals surface area contributed by atoms with Crippen molar-refractivity contribution in [2.24, 2.45) is 23.2 Å². The molecule has 104 valence electrons. The summed E-state index contributed by atoms with van der Waals surface area (Å²) in [5.74, 6) is 10.8. The van der Waals surface area contributed by atoms with Gasteiger partial charge in [-0.3, -0.25) is 0 Å². The molecule has 10 heteroatoms. The number of anilines is 2. The Morgan fingerprint density at radius 3 is 2.15 bits per heavy atom. The Bertz CT molecular complexity index is 688. The molecule has 1 heterocycles. The molecule has 2 aromatic rings. The molecule has 0 bridgehead atoms. The first-order chi connectivity index (χ1) is 9.41. The van der Waals surface area contributed by atoms with Crippen molar-refractivity contribution in [2.45, 2.75) is 0 Å².